The number of likely N-dealkylation sites (tertiary alicyclic amines) is 1. The number of para-hydroxylation sites is 1. The number of carbonyl (C=O) groups is 1. The van der Waals surface area contributed by atoms with Crippen LogP contribution in [0.25, 0.3) is 10.2 Å². The van der Waals surface area contributed by atoms with Gasteiger partial charge in [0.15, 0.2) is 0 Å². The van der Waals surface area contributed by atoms with Crippen molar-refractivity contribution in [3.63, 3.8) is 0 Å². The number of carbonyl (C=O) groups excluding carboxylic acids is 1. The Bertz CT molecular complexity index is 1130. The number of aromatic nitrogens is 1. The van der Waals surface area contributed by atoms with E-state index in [1.165, 1.54) is 0 Å². The lowest BCUT2D eigenvalue weighted by Gasteiger charge is -2.28. The van der Waals surface area contributed by atoms with E-state index in [0.29, 0.717) is 17.3 Å². The molecule has 3 aromatic rings. The molecule has 0 radical (unpaired) electrons. The van der Waals surface area contributed by atoms with Crippen LogP contribution >= 0.6 is 22.9 Å². The lowest BCUT2D eigenvalue weighted by molar-refractivity contribution is -0.130. The Labute approximate surface area is 178 Å². The molecule has 29 heavy (non-hydrogen) atoms. The Hall–Kier alpha value is -2.16. The van der Waals surface area contributed by atoms with E-state index in [2.05, 4.69) is 0 Å². The molecule has 1 aliphatic heterocycles. The van der Waals surface area contributed by atoms with Crippen LogP contribution < -0.4 is 4.31 Å². The third-order valence-electron chi connectivity index (χ3n) is 4.94. The summed E-state index contributed by atoms with van der Waals surface area (Å²) < 4.78 is 26.9. The summed E-state index contributed by atoms with van der Waals surface area (Å²) in [6, 6.07) is 14.3. The quantitative estimate of drug-likeness (QED) is 0.588. The lowest BCUT2D eigenvalue weighted by atomic mass is 10.2. The van der Waals surface area contributed by atoms with Crippen LogP contribution in [0.3, 0.4) is 0 Å². The number of amides is 1. The number of halogens is 1. The Kier molecular flexibility index (Phi) is 5.50. The topological polar surface area (TPSA) is 70.6 Å². The maximum Gasteiger partial charge on any atom is 0.243 e. The highest BCUT2D eigenvalue weighted by molar-refractivity contribution is 7.92. The van der Waals surface area contributed by atoms with Crippen LogP contribution in [-0.2, 0) is 14.8 Å². The molecule has 4 rings (SSSR count). The molecule has 9 heteroatoms. The molecule has 0 unspecified atom stereocenters. The van der Waals surface area contributed by atoms with Crippen molar-refractivity contribution in [3.8, 4) is 0 Å². The highest BCUT2D eigenvalue weighted by Gasteiger charge is 2.34. The molecule has 0 aliphatic carbocycles. The molecule has 0 bridgehead atoms. The second-order valence-electron chi connectivity index (χ2n) is 7.01. The number of nitrogens with zero attached hydrogens (tertiary/aromatic N) is 3. The summed E-state index contributed by atoms with van der Waals surface area (Å²) in [6.45, 7) is 0.327. The zero-order valence-corrected chi connectivity index (χ0v) is 18.2. The second kappa shape index (κ2) is 7.93. The van der Waals surface area contributed by atoms with Crippen LogP contribution in [0, 0.1) is 0 Å². The molecule has 0 saturated carbocycles. The minimum Gasteiger partial charge on any atom is -0.332 e. The number of thiazole rings is 1. The van der Waals surface area contributed by atoms with Gasteiger partial charge in [0.2, 0.25) is 15.9 Å². The summed E-state index contributed by atoms with van der Waals surface area (Å²) in [7, 11) is -3.65. The second-order valence-corrected chi connectivity index (χ2v) is 10.4. The predicted octanol–water partition coefficient (Wildman–Crippen LogP) is 4.08. The average molecular weight is 450 g/mol. The number of rotatable bonds is 5. The van der Waals surface area contributed by atoms with E-state index < -0.39 is 10.0 Å². The minimum absolute atomic E-state index is 0.124. The van der Waals surface area contributed by atoms with Gasteiger partial charge in [-0.2, -0.15) is 0 Å². The van der Waals surface area contributed by atoms with Crippen LogP contribution in [0.5, 0.6) is 0 Å². The van der Waals surface area contributed by atoms with E-state index in [4.69, 9.17) is 16.6 Å². The number of benzene rings is 2. The molecular weight excluding hydrogens is 430 g/mol. The van der Waals surface area contributed by atoms with E-state index in [-0.39, 0.29) is 18.5 Å². The van der Waals surface area contributed by atoms with Crippen LogP contribution in [0.4, 0.5) is 5.69 Å². The van der Waals surface area contributed by atoms with E-state index in [1.54, 1.807) is 40.5 Å². The molecule has 2 aromatic carbocycles. The van der Waals surface area contributed by atoms with Crippen molar-refractivity contribution >= 4 is 54.8 Å². The maximum absolute atomic E-state index is 13.1. The number of sulfonamides is 1. The van der Waals surface area contributed by atoms with Gasteiger partial charge in [-0.05, 0) is 43.2 Å². The normalized spacial score (nSPS) is 17.0. The summed E-state index contributed by atoms with van der Waals surface area (Å²) >= 11 is 7.60. The summed E-state index contributed by atoms with van der Waals surface area (Å²) in [5.41, 5.74) is 1.30. The number of hydrogen-bond acceptors (Lipinski definition) is 5. The van der Waals surface area contributed by atoms with Gasteiger partial charge >= 0.3 is 0 Å². The van der Waals surface area contributed by atoms with Crippen molar-refractivity contribution in [3.05, 3.63) is 58.6 Å². The van der Waals surface area contributed by atoms with Crippen molar-refractivity contribution in [2.45, 2.75) is 18.9 Å². The Morgan fingerprint density at radius 1 is 1.28 bits per heavy atom. The molecule has 1 aromatic heterocycles. The summed E-state index contributed by atoms with van der Waals surface area (Å²) in [5.74, 6) is -0.239. The number of fused-ring (bicyclic) bond motifs is 1. The van der Waals surface area contributed by atoms with E-state index in [9.17, 15) is 13.2 Å². The molecule has 1 amide bonds. The van der Waals surface area contributed by atoms with E-state index in [1.807, 2.05) is 24.3 Å². The fraction of sp³-hybridized carbons (Fsp3) is 0.300. The highest BCUT2D eigenvalue weighted by atomic mass is 35.5. The third-order valence-corrected chi connectivity index (χ3v) is 7.46. The van der Waals surface area contributed by atoms with E-state index >= 15 is 0 Å². The molecule has 1 aliphatic rings. The van der Waals surface area contributed by atoms with E-state index in [0.717, 1.165) is 38.6 Å². The molecule has 152 valence electrons. The van der Waals surface area contributed by atoms with Crippen molar-refractivity contribution in [1.82, 2.24) is 9.88 Å². The van der Waals surface area contributed by atoms with Gasteiger partial charge in [0, 0.05) is 11.6 Å². The largest absolute Gasteiger partial charge is 0.332 e. The standard InChI is InChI=1S/C20H20ClN3O3S2/c1-29(26,27)24(15-7-4-6-14(21)12-15)13-19(25)23-11-5-9-17(23)20-22-16-8-2-3-10-18(16)28-20/h2-4,6-8,10,12,17H,5,9,11,13H2,1H3/t17-/m0/s1. The zero-order valence-electron chi connectivity index (χ0n) is 15.8. The molecule has 1 atom stereocenters. The summed E-state index contributed by atoms with van der Waals surface area (Å²) in [5, 5.41) is 1.31. The molecule has 1 saturated heterocycles. The molecule has 1 fully saturated rings. The monoisotopic (exact) mass is 449 g/mol. The van der Waals surface area contributed by atoms with Crippen LogP contribution in [-0.4, -0.2) is 43.6 Å². The maximum atomic E-state index is 13.1. The summed E-state index contributed by atoms with van der Waals surface area (Å²) in [4.78, 5) is 19.6. The summed E-state index contributed by atoms with van der Waals surface area (Å²) in [6.07, 6.45) is 2.78. The number of anilines is 1. The van der Waals surface area contributed by atoms with Gasteiger partial charge in [-0.1, -0.05) is 29.8 Å². The van der Waals surface area contributed by atoms with Gasteiger partial charge < -0.3 is 4.90 Å². The Morgan fingerprint density at radius 3 is 2.79 bits per heavy atom. The highest BCUT2D eigenvalue weighted by Crippen LogP contribution is 2.36. The first-order valence-electron chi connectivity index (χ1n) is 9.21. The Morgan fingerprint density at radius 2 is 2.07 bits per heavy atom. The third kappa shape index (κ3) is 4.24. The van der Waals surface area contributed by atoms with Crippen molar-refractivity contribution < 1.29 is 13.2 Å². The number of hydrogen-bond donors (Lipinski definition) is 0. The smallest absolute Gasteiger partial charge is 0.243 e. The van der Waals surface area contributed by atoms with Crippen molar-refractivity contribution in [2.75, 3.05) is 23.7 Å². The first-order chi connectivity index (χ1) is 13.8. The fourth-order valence-corrected chi connectivity index (χ4v) is 5.74. The molecule has 0 spiro atoms. The van der Waals surface area contributed by atoms with Crippen LogP contribution in [0.1, 0.15) is 23.9 Å². The first kappa shape index (κ1) is 20.1. The fourth-order valence-electron chi connectivity index (χ4n) is 3.60. The van der Waals surface area contributed by atoms with Gasteiger partial charge in [0.25, 0.3) is 0 Å². The van der Waals surface area contributed by atoms with Gasteiger partial charge in [-0.3, -0.25) is 9.10 Å². The SMILES string of the molecule is CS(=O)(=O)N(CC(=O)N1CCC[C@H]1c1nc2ccccc2s1)c1cccc(Cl)c1. The Balaban J connectivity index is 1.60. The van der Waals surface area contributed by atoms with Gasteiger partial charge in [-0.25, -0.2) is 13.4 Å². The van der Waals surface area contributed by atoms with Gasteiger partial charge in [0.1, 0.15) is 11.6 Å². The van der Waals surface area contributed by atoms with Crippen molar-refractivity contribution in [1.29, 1.82) is 0 Å². The predicted molar refractivity (Wildman–Crippen MR) is 117 cm³/mol. The van der Waals surface area contributed by atoms with Crippen LogP contribution in [0.2, 0.25) is 5.02 Å². The molecule has 6 nitrogen and oxygen atoms in total. The van der Waals surface area contributed by atoms with Gasteiger partial charge in [0.05, 0.1) is 28.2 Å². The van der Waals surface area contributed by atoms with Crippen LogP contribution in [0.15, 0.2) is 48.5 Å². The molecular formula is C20H20ClN3O3S2. The molecule has 2 heterocycles. The minimum atomic E-state index is -3.65. The first-order valence-corrected chi connectivity index (χ1v) is 12.3. The average Bonchev–Trinajstić information content (AvgIpc) is 3.31. The lowest BCUT2D eigenvalue weighted by Crippen LogP contribution is -2.42. The molecule has 0 N–H and O–H groups in total. The zero-order chi connectivity index (χ0) is 20.6. The van der Waals surface area contributed by atoms with Gasteiger partial charge in [-0.15, -0.1) is 11.3 Å². The van der Waals surface area contributed by atoms with Crippen molar-refractivity contribution in [2.24, 2.45) is 0 Å².